The maximum Gasteiger partial charge on any atom is 0.514 e. The van der Waals surface area contributed by atoms with Crippen LogP contribution in [0.2, 0.25) is 0 Å². The lowest BCUT2D eigenvalue weighted by Gasteiger charge is -2.42. The predicted octanol–water partition coefficient (Wildman–Crippen LogP) is 7.76. The number of fused-ring (bicyclic) bond motifs is 3. The second-order valence-corrected chi connectivity index (χ2v) is 26.9. The molecule has 3 aliphatic heterocycles. The number of nitrogens with zero attached hydrogens (tertiary/aromatic N) is 1. The summed E-state index contributed by atoms with van der Waals surface area (Å²) in [7, 11) is -6.26. The number of Topliss-reactive ketones (excluding diaryl/α,β-unsaturated/α-hetero) is 3. The van der Waals surface area contributed by atoms with Gasteiger partial charge in [-0.1, -0.05) is 83.2 Å². The van der Waals surface area contributed by atoms with Crippen LogP contribution in [-0.4, -0.2) is 152 Å². The summed E-state index contributed by atoms with van der Waals surface area (Å²) in [6.07, 6.45) is 7.28. The zero-order valence-electron chi connectivity index (χ0n) is 49.3. The molecule has 3 heterocycles. The monoisotopic (exact) mass is 1210 g/mol. The van der Waals surface area contributed by atoms with Crippen molar-refractivity contribution in [2.75, 3.05) is 27.9 Å². The number of carbonyl (C=O) groups is 6. The minimum atomic E-state index is -5.29. The number of rotatable bonds is 11. The molecule has 6 N–H and O–H groups in total. The molecule has 0 aromatic heterocycles. The van der Waals surface area contributed by atoms with Gasteiger partial charge in [0.05, 0.1) is 18.3 Å². The van der Waals surface area contributed by atoms with Crippen LogP contribution in [0.3, 0.4) is 0 Å². The number of allylic oxidation sites excluding steroid dienone is 6. The van der Waals surface area contributed by atoms with Crippen molar-refractivity contribution in [3.8, 4) is 5.75 Å². The number of aliphatic hydroxyl groups is 2. The van der Waals surface area contributed by atoms with E-state index in [0.717, 1.165) is 34.7 Å². The molecular formula is C59H87NO21P2. The van der Waals surface area contributed by atoms with E-state index in [1.807, 2.05) is 51.2 Å². The van der Waals surface area contributed by atoms with Gasteiger partial charge in [0.1, 0.15) is 42.0 Å². The third kappa shape index (κ3) is 18.7. The first-order valence-electron chi connectivity index (χ1n) is 28.5. The zero-order valence-corrected chi connectivity index (χ0v) is 51.1. The molecule has 0 unspecified atom stereocenters. The lowest BCUT2D eigenvalue weighted by molar-refractivity contribution is -0.265. The number of aliphatic hydroxyl groups excluding tert-OH is 1. The van der Waals surface area contributed by atoms with Crippen molar-refractivity contribution in [1.82, 2.24) is 4.90 Å². The van der Waals surface area contributed by atoms with Crippen LogP contribution < -0.4 is 4.74 Å². The van der Waals surface area contributed by atoms with Gasteiger partial charge in [0, 0.05) is 58.5 Å². The number of esters is 1. The van der Waals surface area contributed by atoms with Gasteiger partial charge in [-0.2, -0.15) is 0 Å². The first-order valence-corrected chi connectivity index (χ1v) is 31.9. The molecule has 15 atom stereocenters. The average Bonchev–Trinajstić information content (AvgIpc) is 3.53. The number of ketones is 3. The second-order valence-electron chi connectivity index (χ2n) is 23.2. The highest BCUT2D eigenvalue weighted by molar-refractivity contribution is 7.70. The average molecular weight is 1210 g/mol. The van der Waals surface area contributed by atoms with E-state index in [-0.39, 0.29) is 66.9 Å². The van der Waals surface area contributed by atoms with E-state index in [1.165, 1.54) is 14.2 Å². The van der Waals surface area contributed by atoms with Crippen LogP contribution in [0.25, 0.3) is 0 Å². The number of cyclic esters (lactones) is 1. The molecule has 5 rings (SSSR count). The highest BCUT2D eigenvalue weighted by Gasteiger charge is 2.53. The molecule has 3 fully saturated rings. The Balaban J connectivity index is 1.40. The van der Waals surface area contributed by atoms with Crippen molar-refractivity contribution in [1.29, 1.82) is 0 Å². The summed E-state index contributed by atoms with van der Waals surface area (Å²) in [6.45, 7) is 12.3. The van der Waals surface area contributed by atoms with Crippen LogP contribution in [0.4, 0.5) is 4.79 Å². The molecule has 464 valence electrons. The highest BCUT2D eigenvalue weighted by Crippen LogP contribution is 2.69. The van der Waals surface area contributed by atoms with E-state index in [1.54, 1.807) is 40.9 Å². The number of hydrogen-bond acceptors (Lipinski definition) is 17. The molecule has 2 bridgehead atoms. The first kappa shape index (κ1) is 69.2. The van der Waals surface area contributed by atoms with E-state index in [4.69, 9.17) is 33.2 Å². The maximum atomic E-state index is 14.6. The quantitative estimate of drug-likeness (QED) is 0.0405. The topological polar surface area (TPSA) is 326 Å². The Kier molecular flexibility index (Phi) is 25.6. The van der Waals surface area contributed by atoms with E-state index in [2.05, 4.69) is 0 Å². The van der Waals surface area contributed by atoms with Crippen molar-refractivity contribution < 1.29 is 101 Å². The molecule has 1 aromatic carbocycles. The Morgan fingerprint density at radius 2 is 1.48 bits per heavy atom. The summed E-state index contributed by atoms with van der Waals surface area (Å²) in [5, 5.41) is 21.2. The zero-order chi connectivity index (χ0) is 61.7. The fourth-order valence-corrected chi connectivity index (χ4v) is 14.5. The Morgan fingerprint density at radius 3 is 2.11 bits per heavy atom. The van der Waals surface area contributed by atoms with Crippen LogP contribution in [0, 0.1) is 35.5 Å². The van der Waals surface area contributed by atoms with Gasteiger partial charge in [-0.25, -0.2) is 9.59 Å². The van der Waals surface area contributed by atoms with E-state index >= 15 is 0 Å². The lowest BCUT2D eigenvalue weighted by Crippen LogP contribution is -2.61. The van der Waals surface area contributed by atoms with Crippen LogP contribution in [0.5, 0.6) is 5.75 Å². The fraction of sp³-hybridized carbons (Fsp3) is 0.661. The molecule has 2 saturated heterocycles. The number of ether oxygens (including phenoxy) is 7. The number of methoxy groups -OCH3 is 3. The molecular weight excluding hydrogens is 1120 g/mol. The van der Waals surface area contributed by atoms with E-state index in [0.29, 0.717) is 56.9 Å². The molecule has 0 radical (unpaired) electrons. The van der Waals surface area contributed by atoms with E-state index < -0.39 is 123 Å². The van der Waals surface area contributed by atoms with Gasteiger partial charge in [0.25, 0.3) is 11.7 Å². The van der Waals surface area contributed by atoms with Crippen molar-refractivity contribution >= 4 is 50.6 Å². The standard InChI is InChI=1S/C59H87NO21P2/c1-34-16-12-11-13-17-35(2)48(75-8)32-44-23-19-40(7)59(68,81-44)54(64)55(65)60-27-15-14-18-45(60)56(66)79-49(33-46(61)36(3)29-39(6)52(63)53(77-10)51(62)38(5)28-34)37(4)30-41-20-26-47(50(31-41)76-9)80-58(67)78-43-24-21-42(22-25-43)57(82(69,70)71)83(72,73)74/h11-13,16-17,21-22,24-25,29,34,36-38,40-41,44-45,47-50,52-53,57,63,68H,14-15,18-20,23,26-28,30-33H2,1-10H3,(H2,69,70,71)(H2,72,73,74)/b13-11+,16-12-,35-17+,39-29+/t34-,36-,37-,38-,40-,41-,44+,45+,47-,48+,49+,50-,52-,53+,59-/m1/s1. The summed E-state index contributed by atoms with van der Waals surface area (Å²) in [4.78, 5) is 124. The van der Waals surface area contributed by atoms with Gasteiger partial charge in [-0.15, -0.1) is 0 Å². The summed E-state index contributed by atoms with van der Waals surface area (Å²) >= 11 is 0. The fourth-order valence-electron chi connectivity index (χ4n) is 11.8. The predicted molar refractivity (Wildman–Crippen MR) is 303 cm³/mol. The Morgan fingerprint density at radius 1 is 0.807 bits per heavy atom. The molecule has 1 aliphatic carbocycles. The van der Waals surface area contributed by atoms with Crippen LogP contribution in [0.1, 0.15) is 136 Å². The summed E-state index contributed by atoms with van der Waals surface area (Å²) in [5.41, 5.74) is 0.774. The van der Waals surface area contributed by atoms with Gasteiger partial charge >= 0.3 is 27.3 Å². The molecule has 0 spiro atoms. The third-order valence-corrected chi connectivity index (χ3v) is 20.4. The molecule has 1 amide bonds. The minimum absolute atomic E-state index is 0.00462. The molecule has 22 nitrogen and oxygen atoms in total. The van der Waals surface area contributed by atoms with Gasteiger partial charge in [0.2, 0.25) is 5.79 Å². The van der Waals surface area contributed by atoms with Gasteiger partial charge in [0.15, 0.2) is 11.2 Å². The van der Waals surface area contributed by atoms with Crippen LogP contribution in [0.15, 0.2) is 71.9 Å². The van der Waals surface area contributed by atoms with Crippen LogP contribution in [-0.2, 0) is 61.5 Å². The van der Waals surface area contributed by atoms with Crippen molar-refractivity contribution in [2.24, 2.45) is 35.5 Å². The minimum Gasteiger partial charge on any atom is -0.460 e. The Labute approximate surface area is 486 Å². The maximum absolute atomic E-state index is 14.6. The van der Waals surface area contributed by atoms with Crippen molar-refractivity contribution in [2.45, 2.75) is 185 Å². The lowest BCUT2D eigenvalue weighted by atomic mass is 9.78. The Bertz CT molecular complexity index is 2620. The smallest absolute Gasteiger partial charge is 0.460 e. The van der Waals surface area contributed by atoms with Crippen molar-refractivity contribution in [3.63, 3.8) is 0 Å². The molecule has 1 saturated carbocycles. The summed E-state index contributed by atoms with van der Waals surface area (Å²) in [5.74, 6) is -9.33. The third-order valence-electron chi connectivity index (χ3n) is 16.7. The summed E-state index contributed by atoms with van der Waals surface area (Å²) < 4.78 is 64.4. The van der Waals surface area contributed by atoms with Crippen LogP contribution >= 0.6 is 15.2 Å². The normalized spacial score (nSPS) is 34.5. The molecule has 4 aliphatic rings. The van der Waals surface area contributed by atoms with Gasteiger partial charge in [-0.3, -0.25) is 28.3 Å². The largest absolute Gasteiger partial charge is 0.514 e. The van der Waals surface area contributed by atoms with E-state index in [9.17, 15) is 67.7 Å². The first-order chi connectivity index (χ1) is 38.9. The highest BCUT2D eigenvalue weighted by atomic mass is 31.2. The van der Waals surface area contributed by atoms with Crippen molar-refractivity contribution in [3.05, 3.63) is 77.4 Å². The number of carbonyl (C=O) groups excluding carboxylic acids is 6. The summed E-state index contributed by atoms with van der Waals surface area (Å²) in [6, 6.07) is 2.98. The SMILES string of the molecule is CO[C@H]1C[C@@H]2CC[C@@H](C)[C@@](O)(O2)C(=O)C(=O)N2CCCC[C@H]2C(=O)O[C@H]([C@H](C)C[C@H]2CC[C@@H](OC(=O)Oc3ccc(C(P(=O)(O)O)P(=O)(O)O)cc3)[C@H](OC)C2)CC(=O)[C@H](C)/C=C(\C)[C@@H](O)[C@@H](OC)C(=O)[C@H](C)C[C@H](C)\C=C/C=C/C=C/1C. The number of benzene rings is 1. The van der Waals surface area contributed by atoms with Gasteiger partial charge < -0.3 is 67.8 Å². The second kappa shape index (κ2) is 30.7. The van der Waals surface area contributed by atoms with Gasteiger partial charge in [-0.05, 0) is 125 Å². The molecule has 83 heavy (non-hydrogen) atoms. The number of hydrogen-bond donors (Lipinski definition) is 6. The molecule has 1 aromatic rings. The number of amides is 1. The molecule has 24 heteroatoms. The Hall–Kier alpha value is -4.54. The number of piperidine rings is 1.